The standard InChI is InChI=1S/C19H23N3O3/c23-11-14-5-8-19(9-6-14)12-21(13-19)15-1-3-16(4-2-15)22-10-7-17(24)20-18(22)25/h1-4,11,14H,5-10,12-13H2,(H,20,24,25). The van der Waals surface area contributed by atoms with E-state index in [4.69, 9.17) is 0 Å². The zero-order chi connectivity index (χ0) is 17.4. The first-order valence-corrected chi connectivity index (χ1v) is 9.00. The molecule has 4 rings (SSSR count). The van der Waals surface area contributed by atoms with Gasteiger partial charge in [-0.1, -0.05) is 0 Å². The van der Waals surface area contributed by atoms with E-state index in [2.05, 4.69) is 10.2 Å². The number of anilines is 2. The van der Waals surface area contributed by atoms with Gasteiger partial charge in [0.1, 0.15) is 6.29 Å². The fourth-order valence-corrected chi connectivity index (χ4v) is 4.30. The van der Waals surface area contributed by atoms with Crippen LogP contribution in [0.5, 0.6) is 0 Å². The van der Waals surface area contributed by atoms with Gasteiger partial charge in [0.2, 0.25) is 5.91 Å². The first kappa shape index (κ1) is 16.1. The predicted octanol–water partition coefficient (Wildman–Crippen LogP) is 2.33. The number of rotatable bonds is 3. The minimum atomic E-state index is -0.348. The molecule has 1 N–H and O–H groups in total. The number of nitrogens with one attached hydrogen (secondary N) is 1. The van der Waals surface area contributed by atoms with Gasteiger partial charge in [-0.05, 0) is 49.9 Å². The molecule has 2 saturated heterocycles. The Morgan fingerprint density at radius 2 is 1.68 bits per heavy atom. The monoisotopic (exact) mass is 341 g/mol. The number of benzene rings is 1. The van der Waals surface area contributed by atoms with E-state index in [1.165, 1.54) is 5.69 Å². The van der Waals surface area contributed by atoms with E-state index in [1.807, 2.05) is 24.3 Å². The van der Waals surface area contributed by atoms with E-state index in [0.717, 1.165) is 50.7 Å². The average Bonchev–Trinajstić information content (AvgIpc) is 2.60. The quantitative estimate of drug-likeness (QED) is 0.857. The molecule has 1 aliphatic carbocycles. The van der Waals surface area contributed by atoms with Crippen LogP contribution < -0.4 is 15.1 Å². The summed E-state index contributed by atoms with van der Waals surface area (Å²) in [7, 11) is 0. The lowest BCUT2D eigenvalue weighted by molar-refractivity contribution is -0.120. The van der Waals surface area contributed by atoms with Crippen LogP contribution in [0.3, 0.4) is 0 Å². The number of carbonyl (C=O) groups excluding carboxylic acids is 3. The molecule has 1 spiro atoms. The average molecular weight is 341 g/mol. The summed E-state index contributed by atoms with van der Waals surface area (Å²) in [6.07, 6.45) is 5.80. The molecule has 3 amide bonds. The van der Waals surface area contributed by atoms with Gasteiger partial charge >= 0.3 is 6.03 Å². The van der Waals surface area contributed by atoms with Crippen molar-refractivity contribution < 1.29 is 14.4 Å². The number of nitrogens with zero attached hydrogens (tertiary/aromatic N) is 2. The van der Waals surface area contributed by atoms with Crippen molar-refractivity contribution in [1.29, 1.82) is 0 Å². The molecule has 0 atom stereocenters. The maximum Gasteiger partial charge on any atom is 0.328 e. The second-order valence-corrected chi connectivity index (χ2v) is 7.60. The third kappa shape index (κ3) is 3.01. The summed E-state index contributed by atoms with van der Waals surface area (Å²) in [6, 6.07) is 7.63. The summed E-state index contributed by atoms with van der Waals surface area (Å²) < 4.78 is 0. The third-order valence-corrected chi connectivity index (χ3v) is 5.92. The number of carbonyl (C=O) groups is 3. The van der Waals surface area contributed by atoms with Crippen LogP contribution in [0.1, 0.15) is 32.1 Å². The molecule has 2 heterocycles. The van der Waals surface area contributed by atoms with E-state index < -0.39 is 0 Å². The lowest BCUT2D eigenvalue weighted by Gasteiger charge is -2.54. The van der Waals surface area contributed by atoms with E-state index in [9.17, 15) is 14.4 Å². The summed E-state index contributed by atoms with van der Waals surface area (Å²) >= 11 is 0. The molecule has 1 aromatic rings. The van der Waals surface area contributed by atoms with Crippen LogP contribution in [-0.4, -0.2) is 37.9 Å². The molecular formula is C19H23N3O3. The Balaban J connectivity index is 1.37. The smallest absolute Gasteiger partial charge is 0.328 e. The van der Waals surface area contributed by atoms with Gasteiger partial charge in [0.05, 0.1) is 0 Å². The van der Waals surface area contributed by atoms with Gasteiger partial charge in [-0.3, -0.25) is 15.0 Å². The highest BCUT2D eigenvalue weighted by Crippen LogP contribution is 2.46. The fraction of sp³-hybridized carbons (Fsp3) is 0.526. The second-order valence-electron chi connectivity index (χ2n) is 7.60. The molecule has 0 unspecified atom stereocenters. The van der Waals surface area contributed by atoms with Gasteiger partial charge in [-0.2, -0.15) is 0 Å². The van der Waals surface area contributed by atoms with Crippen molar-refractivity contribution in [3.05, 3.63) is 24.3 Å². The van der Waals surface area contributed by atoms with Crippen LogP contribution in [0.15, 0.2) is 24.3 Å². The summed E-state index contributed by atoms with van der Waals surface area (Å²) in [5.41, 5.74) is 2.38. The zero-order valence-electron chi connectivity index (χ0n) is 14.2. The highest BCUT2D eigenvalue weighted by Gasteiger charge is 2.45. The molecule has 0 bridgehead atoms. The minimum absolute atomic E-state index is 0.215. The second kappa shape index (κ2) is 6.17. The molecule has 3 aliphatic rings. The maximum atomic E-state index is 11.9. The van der Waals surface area contributed by atoms with Crippen molar-refractivity contribution in [2.45, 2.75) is 32.1 Å². The van der Waals surface area contributed by atoms with E-state index in [-0.39, 0.29) is 17.9 Å². The van der Waals surface area contributed by atoms with Gasteiger partial charge in [0, 0.05) is 48.8 Å². The summed E-state index contributed by atoms with van der Waals surface area (Å²) in [6.45, 7) is 2.53. The summed E-state index contributed by atoms with van der Waals surface area (Å²) in [5, 5.41) is 2.35. The van der Waals surface area contributed by atoms with Gasteiger partial charge < -0.3 is 9.69 Å². The van der Waals surface area contributed by atoms with Crippen LogP contribution in [-0.2, 0) is 9.59 Å². The van der Waals surface area contributed by atoms with Crippen molar-refractivity contribution in [1.82, 2.24) is 5.32 Å². The lowest BCUT2D eigenvalue weighted by atomic mass is 9.66. The Kier molecular flexibility index (Phi) is 3.98. The molecule has 3 fully saturated rings. The Hall–Kier alpha value is -2.37. The number of hydrogen-bond donors (Lipinski definition) is 1. The van der Waals surface area contributed by atoms with Crippen molar-refractivity contribution >= 4 is 29.6 Å². The molecule has 0 aromatic heterocycles. The SMILES string of the molecule is O=CC1CCC2(CC1)CN(c1ccc(N3CCC(=O)NC3=O)cc1)C2. The molecule has 6 nitrogen and oxygen atoms in total. The number of urea groups is 1. The fourth-order valence-electron chi connectivity index (χ4n) is 4.30. The van der Waals surface area contributed by atoms with Gasteiger partial charge in [-0.15, -0.1) is 0 Å². The molecular weight excluding hydrogens is 318 g/mol. The highest BCUT2D eigenvalue weighted by molar-refractivity contribution is 6.05. The predicted molar refractivity (Wildman–Crippen MR) is 94.6 cm³/mol. The Bertz CT molecular complexity index is 684. The third-order valence-electron chi connectivity index (χ3n) is 5.92. The van der Waals surface area contributed by atoms with Crippen LogP contribution in [0, 0.1) is 11.3 Å². The zero-order valence-corrected chi connectivity index (χ0v) is 14.2. The van der Waals surface area contributed by atoms with Gasteiger partial charge in [0.15, 0.2) is 0 Å². The summed E-state index contributed by atoms with van der Waals surface area (Å²) in [4.78, 5) is 38.0. The number of aldehydes is 1. The number of imide groups is 1. The van der Waals surface area contributed by atoms with Crippen LogP contribution in [0.4, 0.5) is 16.2 Å². The molecule has 132 valence electrons. The number of hydrogen-bond acceptors (Lipinski definition) is 4. The van der Waals surface area contributed by atoms with Gasteiger partial charge in [-0.25, -0.2) is 4.79 Å². The molecule has 25 heavy (non-hydrogen) atoms. The van der Waals surface area contributed by atoms with Crippen LogP contribution >= 0.6 is 0 Å². The van der Waals surface area contributed by atoms with Crippen molar-refractivity contribution in [3.63, 3.8) is 0 Å². The molecule has 2 aliphatic heterocycles. The van der Waals surface area contributed by atoms with Crippen molar-refractivity contribution in [2.75, 3.05) is 29.4 Å². The minimum Gasteiger partial charge on any atom is -0.370 e. The van der Waals surface area contributed by atoms with Crippen LogP contribution in [0.25, 0.3) is 0 Å². The van der Waals surface area contributed by atoms with Gasteiger partial charge in [0.25, 0.3) is 0 Å². The van der Waals surface area contributed by atoms with E-state index in [1.54, 1.807) is 4.90 Å². The Morgan fingerprint density at radius 1 is 1.04 bits per heavy atom. The largest absolute Gasteiger partial charge is 0.370 e. The highest BCUT2D eigenvalue weighted by atomic mass is 16.2. The first-order chi connectivity index (χ1) is 12.1. The van der Waals surface area contributed by atoms with E-state index in [0.29, 0.717) is 18.4 Å². The van der Waals surface area contributed by atoms with Crippen molar-refractivity contribution in [2.24, 2.45) is 11.3 Å². The van der Waals surface area contributed by atoms with E-state index >= 15 is 0 Å². The Labute approximate surface area is 147 Å². The Morgan fingerprint density at radius 3 is 2.28 bits per heavy atom. The number of amides is 3. The normalized spacial score (nSPS) is 23.4. The maximum absolute atomic E-state index is 11.9. The summed E-state index contributed by atoms with van der Waals surface area (Å²) in [5.74, 6) is 0.0505. The molecule has 1 saturated carbocycles. The van der Waals surface area contributed by atoms with Crippen molar-refractivity contribution in [3.8, 4) is 0 Å². The lowest BCUT2D eigenvalue weighted by Crippen LogP contribution is -2.57. The molecule has 6 heteroatoms. The first-order valence-electron chi connectivity index (χ1n) is 9.00. The van der Waals surface area contributed by atoms with Crippen LogP contribution in [0.2, 0.25) is 0 Å². The molecule has 0 radical (unpaired) electrons. The topological polar surface area (TPSA) is 69.7 Å². The molecule has 1 aromatic carbocycles.